The highest BCUT2D eigenvalue weighted by Crippen LogP contribution is 2.31. The molecule has 6 nitrogen and oxygen atoms in total. The van der Waals surface area contributed by atoms with Crippen molar-refractivity contribution in [2.24, 2.45) is 0 Å². The van der Waals surface area contributed by atoms with Crippen molar-refractivity contribution in [3.8, 4) is 0 Å². The summed E-state index contributed by atoms with van der Waals surface area (Å²) in [6.45, 7) is 7.42. The smallest absolute Gasteiger partial charge is 0.236 e. The highest BCUT2D eigenvalue weighted by Gasteiger charge is 2.40. The predicted molar refractivity (Wildman–Crippen MR) is 74.4 cm³/mol. The molecule has 0 aromatic carbocycles. The molecule has 1 amide bonds. The van der Waals surface area contributed by atoms with Gasteiger partial charge in [-0.05, 0) is 7.05 Å². The maximum atomic E-state index is 12.3. The standard InChI is InChI=1S/C14H25N3O3/c1-15-6-8-17(9-7-15)13(18)12-16-4-2-14(3-5-16)19-10-11-20-14/h2-12H2,1H3. The molecule has 114 valence electrons. The molecule has 0 saturated carbocycles. The minimum Gasteiger partial charge on any atom is -0.347 e. The van der Waals surface area contributed by atoms with Gasteiger partial charge in [0.05, 0.1) is 19.8 Å². The van der Waals surface area contributed by atoms with Crippen LogP contribution in [0.15, 0.2) is 0 Å². The third-order valence-corrected chi connectivity index (χ3v) is 4.65. The van der Waals surface area contributed by atoms with Crippen LogP contribution in [0.4, 0.5) is 0 Å². The van der Waals surface area contributed by atoms with E-state index in [2.05, 4.69) is 16.8 Å². The van der Waals surface area contributed by atoms with E-state index in [1.54, 1.807) is 0 Å². The highest BCUT2D eigenvalue weighted by molar-refractivity contribution is 5.78. The Morgan fingerprint density at radius 1 is 1.00 bits per heavy atom. The van der Waals surface area contributed by atoms with Crippen LogP contribution in [0.25, 0.3) is 0 Å². The van der Waals surface area contributed by atoms with Crippen molar-refractivity contribution in [2.75, 3.05) is 66.1 Å². The zero-order valence-corrected chi connectivity index (χ0v) is 12.3. The summed E-state index contributed by atoms with van der Waals surface area (Å²) in [7, 11) is 2.10. The molecule has 3 aliphatic rings. The Labute approximate surface area is 120 Å². The minimum absolute atomic E-state index is 0.266. The molecule has 0 unspecified atom stereocenters. The minimum atomic E-state index is -0.340. The van der Waals surface area contributed by atoms with Crippen molar-refractivity contribution in [1.82, 2.24) is 14.7 Å². The Morgan fingerprint density at radius 2 is 1.60 bits per heavy atom. The molecule has 0 bridgehead atoms. The first-order chi connectivity index (χ1) is 9.67. The van der Waals surface area contributed by atoms with Gasteiger partial charge in [0.25, 0.3) is 0 Å². The van der Waals surface area contributed by atoms with Crippen molar-refractivity contribution >= 4 is 5.91 Å². The van der Waals surface area contributed by atoms with Gasteiger partial charge in [-0.1, -0.05) is 0 Å². The Bertz CT molecular complexity index is 340. The third-order valence-electron chi connectivity index (χ3n) is 4.65. The van der Waals surface area contributed by atoms with Crippen LogP contribution in [-0.2, 0) is 14.3 Å². The second kappa shape index (κ2) is 5.97. The van der Waals surface area contributed by atoms with Gasteiger partial charge in [0.1, 0.15) is 0 Å². The number of ether oxygens (including phenoxy) is 2. The molecular weight excluding hydrogens is 258 g/mol. The number of hydrogen-bond donors (Lipinski definition) is 0. The molecular formula is C14H25N3O3. The number of rotatable bonds is 2. The van der Waals surface area contributed by atoms with Gasteiger partial charge in [-0.3, -0.25) is 9.69 Å². The molecule has 1 spiro atoms. The van der Waals surface area contributed by atoms with Crippen LogP contribution in [0.5, 0.6) is 0 Å². The Hall–Kier alpha value is -0.690. The molecule has 3 saturated heterocycles. The number of piperazine rings is 1. The van der Waals surface area contributed by atoms with E-state index in [-0.39, 0.29) is 11.7 Å². The Kier molecular flexibility index (Phi) is 4.26. The second-order valence-electron chi connectivity index (χ2n) is 6.07. The largest absolute Gasteiger partial charge is 0.347 e. The van der Waals surface area contributed by atoms with Crippen molar-refractivity contribution < 1.29 is 14.3 Å². The fourth-order valence-corrected chi connectivity index (χ4v) is 3.18. The first-order valence-corrected chi connectivity index (χ1v) is 7.63. The lowest BCUT2D eigenvalue weighted by Gasteiger charge is -2.38. The predicted octanol–water partition coefficient (Wildman–Crippen LogP) is -0.401. The molecule has 3 rings (SSSR count). The summed E-state index contributed by atoms with van der Waals surface area (Å²) in [5, 5.41) is 0. The van der Waals surface area contributed by atoms with Gasteiger partial charge in [-0.2, -0.15) is 0 Å². The van der Waals surface area contributed by atoms with Crippen molar-refractivity contribution in [1.29, 1.82) is 0 Å². The summed E-state index contributed by atoms with van der Waals surface area (Å²) in [5.74, 6) is -0.0739. The zero-order valence-electron chi connectivity index (χ0n) is 12.3. The molecule has 3 aliphatic heterocycles. The molecule has 0 aliphatic carbocycles. The maximum Gasteiger partial charge on any atom is 0.236 e. The lowest BCUT2D eigenvalue weighted by atomic mass is 10.0. The average Bonchev–Trinajstić information content (AvgIpc) is 2.91. The van der Waals surface area contributed by atoms with Gasteiger partial charge < -0.3 is 19.3 Å². The maximum absolute atomic E-state index is 12.3. The number of hydrogen-bond acceptors (Lipinski definition) is 5. The normalized spacial score (nSPS) is 28.1. The fourth-order valence-electron chi connectivity index (χ4n) is 3.18. The summed E-state index contributed by atoms with van der Waals surface area (Å²) in [6, 6.07) is 0. The second-order valence-corrected chi connectivity index (χ2v) is 6.07. The van der Waals surface area contributed by atoms with E-state index >= 15 is 0 Å². The van der Waals surface area contributed by atoms with E-state index in [4.69, 9.17) is 9.47 Å². The molecule has 0 radical (unpaired) electrons. The summed E-state index contributed by atoms with van der Waals surface area (Å²) in [6.07, 6.45) is 1.76. The SMILES string of the molecule is CN1CCN(C(=O)CN2CCC3(CC2)OCCO3)CC1. The molecule has 3 fully saturated rings. The number of nitrogens with zero attached hydrogens (tertiary/aromatic N) is 3. The van der Waals surface area contributed by atoms with Crippen LogP contribution >= 0.6 is 0 Å². The number of carbonyl (C=O) groups excluding carboxylic acids is 1. The summed E-state index contributed by atoms with van der Waals surface area (Å²) >= 11 is 0. The molecule has 20 heavy (non-hydrogen) atoms. The van der Waals surface area contributed by atoms with Gasteiger partial charge in [0.2, 0.25) is 5.91 Å². The van der Waals surface area contributed by atoms with Gasteiger partial charge in [0.15, 0.2) is 5.79 Å². The van der Waals surface area contributed by atoms with Crippen LogP contribution in [0.2, 0.25) is 0 Å². The van der Waals surface area contributed by atoms with Crippen molar-refractivity contribution in [3.05, 3.63) is 0 Å². The van der Waals surface area contributed by atoms with E-state index < -0.39 is 0 Å². The molecule has 0 aromatic heterocycles. The summed E-state index contributed by atoms with van der Waals surface area (Å²) in [5.41, 5.74) is 0. The van der Waals surface area contributed by atoms with Gasteiger partial charge >= 0.3 is 0 Å². The molecule has 0 atom stereocenters. The van der Waals surface area contributed by atoms with Crippen LogP contribution in [-0.4, -0.2) is 92.5 Å². The number of likely N-dealkylation sites (tertiary alicyclic amines) is 1. The molecule has 0 aromatic rings. The van der Waals surface area contributed by atoms with Gasteiger partial charge in [0, 0.05) is 52.1 Å². The van der Waals surface area contributed by atoms with E-state index in [9.17, 15) is 4.79 Å². The van der Waals surface area contributed by atoms with Crippen LogP contribution in [0.1, 0.15) is 12.8 Å². The van der Waals surface area contributed by atoms with Crippen LogP contribution in [0.3, 0.4) is 0 Å². The highest BCUT2D eigenvalue weighted by atomic mass is 16.7. The number of carbonyl (C=O) groups is 1. The van der Waals surface area contributed by atoms with Crippen LogP contribution < -0.4 is 0 Å². The van der Waals surface area contributed by atoms with E-state index in [0.717, 1.165) is 52.1 Å². The molecule has 6 heteroatoms. The third kappa shape index (κ3) is 3.14. The van der Waals surface area contributed by atoms with Crippen LogP contribution in [0, 0.1) is 0 Å². The molecule has 0 N–H and O–H groups in total. The number of likely N-dealkylation sites (N-methyl/N-ethyl adjacent to an activating group) is 1. The van der Waals surface area contributed by atoms with E-state index in [1.807, 2.05) is 4.90 Å². The summed E-state index contributed by atoms with van der Waals surface area (Å²) < 4.78 is 11.4. The lowest BCUT2D eigenvalue weighted by molar-refractivity contribution is -0.186. The monoisotopic (exact) mass is 283 g/mol. The van der Waals surface area contributed by atoms with E-state index in [0.29, 0.717) is 19.8 Å². The molecule has 3 heterocycles. The van der Waals surface area contributed by atoms with Crippen molar-refractivity contribution in [3.63, 3.8) is 0 Å². The first-order valence-electron chi connectivity index (χ1n) is 7.63. The topological polar surface area (TPSA) is 45.2 Å². The van der Waals surface area contributed by atoms with Crippen molar-refractivity contribution in [2.45, 2.75) is 18.6 Å². The van der Waals surface area contributed by atoms with Gasteiger partial charge in [-0.25, -0.2) is 0 Å². The van der Waals surface area contributed by atoms with E-state index in [1.165, 1.54) is 0 Å². The number of piperidine rings is 1. The fraction of sp³-hybridized carbons (Fsp3) is 0.929. The lowest BCUT2D eigenvalue weighted by Crippen LogP contribution is -2.52. The summed E-state index contributed by atoms with van der Waals surface area (Å²) in [4.78, 5) is 18.8. The Morgan fingerprint density at radius 3 is 2.20 bits per heavy atom. The van der Waals surface area contributed by atoms with Gasteiger partial charge in [-0.15, -0.1) is 0 Å². The first kappa shape index (κ1) is 14.3. The number of amides is 1. The Balaban J connectivity index is 1.43. The average molecular weight is 283 g/mol. The quantitative estimate of drug-likeness (QED) is 0.690. The zero-order chi connectivity index (χ0) is 14.0.